The molecule has 164 valence electrons. The summed E-state index contributed by atoms with van der Waals surface area (Å²) in [6.07, 6.45) is 2.25. The van der Waals surface area contributed by atoms with Crippen LogP contribution in [0.3, 0.4) is 0 Å². The van der Waals surface area contributed by atoms with Crippen LogP contribution in [-0.2, 0) is 4.74 Å². The molecule has 7 nitrogen and oxygen atoms in total. The molecule has 2 heterocycles. The second kappa shape index (κ2) is 9.39. The van der Waals surface area contributed by atoms with Gasteiger partial charge in [0.1, 0.15) is 0 Å². The van der Waals surface area contributed by atoms with Crippen molar-refractivity contribution in [2.24, 2.45) is 0 Å². The Kier molecular flexibility index (Phi) is 6.42. The monoisotopic (exact) mass is 422 g/mol. The minimum Gasteiger partial charge on any atom is -0.465 e. The van der Waals surface area contributed by atoms with Crippen LogP contribution in [-0.4, -0.2) is 68.7 Å². The van der Waals surface area contributed by atoms with Crippen molar-refractivity contribution in [1.29, 1.82) is 0 Å². The highest BCUT2D eigenvalue weighted by molar-refractivity contribution is 5.97. The number of urea groups is 1. The maximum absolute atomic E-state index is 13.4. The summed E-state index contributed by atoms with van der Waals surface area (Å²) in [5.74, 6) is -0.412. The van der Waals surface area contributed by atoms with E-state index in [1.54, 1.807) is 12.1 Å². The summed E-state index contributed by atoms with van der Waals surface area (Å²) in [5.41, 5.74) is 3.15. The Bertz CT molecular complexity index is 928. The van der Waals surface area contributed by atoms with Crippen LogP contribution in [0.4, 0.5) is 16.2 Å². The third-order valence-electron chi connectivity index (χ3n) is 6.13. The van der Waals surface area contributed by atoms with Crippen molar-refractivity contribution in [2.75, 3.05) is 57.1 Å². The van der Waals surface area contributed by atoms with Gasteiger partial charge in [-0.1, -0.05) is 30.3 Å². The van der Waals surface area contributed by atoms with Crippen molar-refractivity contribution in [3.63, 3.8) is 0 Å². The highest BCUT2D eigenvalue weighted by Crippen LogP contribution is 2.32. The summed E-state index contributed by atoms with van der Waals surface area (Å²) < 4.78 is 4.88. The molecule has 2 fully saturated rings. The Morgan fingerprint density at radius 3 is 2.45 bits per heavy atom. The van der Waals surface area contributed by atoms with Gasteiger partial charge < -0.3 is 24.8 Å². The van der Waals surface area contributed by atoms with E-state index in [0.29, 0.717) is 17.8 Å². The Labute approximate surface area is 183 Å². The van der Waals surface area contributed by atoms with Gasteiger partial charge in [0, 0.05) is 32.7 Å². The molecular weight excluding hydrogens is 392 g/mol. The first-order chi connectivity index (χ1) is 15.1. The number of anilines is 2. The number of likely N-dealkylation sites (N-methyl/N-ethyl adjacent to an activating group) is 1. The lowest BCUT2D eigenvalue weighted by molar-refractivity contribution is 0.0600. The van der Waals surface area contributed by atoms with E-state index >= 15 is 0 Å². The third kappa shape index (κ3) is 4.66. The molecule has 0 aliphatic carbocycles. The lowest BCUT2D eigenvalue weighted by Crippen LogP contribution is -2.50. The van der Waals surface area contributed by atoms with E-state index < -0.39 is 5.97 Å². The topological polar surface area (TPSA) is 65.1 Å². The molecule has 2 aromatic carbocycles. The van der Waals surface area contributed by atoms with Gasteiger partial charge in [-0.25, -0.2) is 9.59 Å². The van der Waals surface area contributed by atoms with Gasteiger partial charge in [-0.15, -0.1) is 0 Å². The summed E-state index contributed by atoms with van der Waals surface area (Å²) in [7, 11) is 3.44. The number of amides is 2. The third-order valence-corrected chi connectivity index (χ3v) is 6.13. The average molecular weight is 423 g/mol. The smallest absolute Gasteiger partial charge is 0.337 e. The van der Waals surface area contributed by atoms with Gasteiger partial charge in [0.2, 0.25) is 0 Å². The fourth-order valence-electron chi connectivity index (χ4n) is 4.42. The Morgan fingerprint density at radius 2 is 1.74 bits per heavy atom. The number of nitrogens with one attached hydrogen (secondary N) is 1. The summed E-state index contributed by atoms with van der Waals surface area (Å²) in [6, 6.07) is 15.4. The quantitative estimate of drug-likeness (QED) is 0.763. The number of methoxy groups -OCH3 is 1. The molecule has 2 aliphatic heterocycles. The van der Waals surface area contributed by atoms with Crippen molar-refractivity contribution < 1.29 is 14.3 Å². The first-order valence-electron chi connectivity index (χ1n) is 10.9. The van der Waals surface area contributed by atoms with Crippen LogP contribution < -0.4 is 10.2 Å². The highest BCUT2D eigenvalue weighted by Gasteiger charge is 2.31. The molecule has 2 amide bonds. The van der Waals surface area contributed by atoms with Crippen LogP contribution in [0, 0.1) is 0 Å². The molecule has 1 atom stereocenters. The summed E-state index contributed by atoms with van der Waals surface area (Å²) >= 11 is 0. The van der Waals surface area contributed by atoms with E-state index in [1.807, 2.05) is 29.2 Å². The number of carbonyl (C=O) groups excluding carboxylic acids is 2. The van der Waals surface area contributed by atoms with Crippen LogP contribution in [0.5, 0.6) is 0 Å². The number of hydrogen-bond donors (Lipinski definition) is 1. The highest BCUT2D eigenvalue weighted by atomic mass is 16.5. The maximum atomic E-state index is 13.4. The number of rotatable bonds is 4. The van der Waals surface area contributed by atoms with E-state index in [9.17, 15) is 9.59 Å². The van der Waals surface area contributed by atoms with Gasteiger partial charge in [-0.05, 0) is 43.7 Å². The molecule has 2 aliphatic rings. The van der Waals surface area contributed by atoms with E-state index in [4.69, 9.17) is 4.74 Å². The van der Waals surface area contributed by atoms with E-state index in [1.165, 1.54) is 7.11 Å². The van der Waals surface area contributed by atoms with Crippen LogP contribution in [0.1, 0.15) is 34.8 Å². The molecule has 4 rings (SSSR count). The minimum absolute atomic E-state index is 0.0287. The predicted molar refractivity (Wildman–Crippen MR) is 122 cm³/mol. The normalized spacial score (nSPS) is 19.4. The molecule has 2 aromatic rings. The van der Waals surface area contributed by atoms with Gasteiger partial charge in [0.15, 0.2) is 0 Å². The van der Waals surface area contributed by atoms with Crippen LogP contribution in [0.15, 0.2) is 48.5 Å². The largest absolute Gasteiger partial charge is 0.465 e. The zero-order valence-electron chi connectivity index (χ0n) is 18.2. The van der Waals surface area contributed by atoms with Crippen LogP contribution >= 0.6 is 0 Å². The SMILES string of the molecule is COC(=O)c1ccc(N2CCCC2)c(NC(=O)N2CCN(C)CC2c2ccccc2)c1. The second-order valence-electron chi connectivity index (χ2n) is 8.23. The number of benzene rings is 2. The van der Waals surface area contributed by atoms with E-state index in [0.717, 1.165) is 50.3 Å². The zero-order chi connectivity index (χ0) is 21.8. The number of esters is 1. The van der Waals surface area contributed by atoms with Crippen molar-refractivity contribution >= 4 is 23.4 Å². The number of piperazine rings is 1. The summed E-state index contributed by atoms with van der Waals surface area (Å²) in [5, 5.41) is 3.11. The standard InChI is InChI=1S/C24H30N4O3/c1-26-14-15-28(22(17-26)18-8-4-3-5-9-18)24(30)25-20-16-19(23(29)31-2)10-11-21(20)27-12-6-7-13-27/h3-5,8-11,16,22H,6-7,12-15,17H2,1-2H3,(H,25,30). The predicted octanol–water partition coefficient (Wildman–Crippen LogP) is 3.59. The molecule has 0 radical (unpaired) electrons. The van der Waals surface area contributed by atoms with Crippen LogP contribution in [0.25, 0.3) is 0 Å². The van der Waals surface area contributed by atoms with Crippen LogP contribution in [0.2, 0.25) is 0 Å². The number of nitrogens with zero attached hydrogens (tertiary/aromatic N) is 3. The fraction of sp³-hybridized carbons (Fsp3) is 0.417. The van der Waals surface area contributed by atoms with Gasteiger partial charge in [0.25, 0.3) is 0 Å². The van der Waals surface area contributed by atoms with Crippen molar-refractivity contribution in [3.8, 4) is 0 Å². The molecule has 0 bridgehead atoms. The molecule has 0 aromatic heterocycles. The maximum Gasteiger partial charge on any atom is 0.337 e. The minimum atomic E-state index is -0.412. The average Bonchev–Trinajstić information content (AvgIpc) is 3.33. The second-order valence-corrected chi connectivity index (χ2v) is 8.23. The molecule has 0 spiro atoms. The first kappa shape index (κ1) is 21.2. The molecule has 2 saturated heterocycles. The Hall–Kier alpha value is -3.06. The van der Waals surface area contributed by atoms with Gasteiger partial charge in [-0.2, -0.15) is 0 Å². The number of carbonyl (C=O) groups is 2. The zero-order valence-corrected chi connectivity index (χ0v) is 18.2. The first-order valence-corrected chi connectivity index (χ1v) is 10.9. The summed E-state index contributed by atoms with van der Waals surface area (Å²) in [6.45, 7) is 4.12. The summed E-state index contributed by atoms with van der Waals surface area (Å²) in [4.78, 5) is 31.9. The molecule has 0 saturated carbocycles. The van der Waals surface area contributed by atoms with Gasteiger partial charge >= 0.3 is 12.0 Å². The molecular formula is C24H30N4O3. The fourth-order valence-corrected chi connectivity index (χ4v) is 4.42. The van der Waals surface area contributed by atoms with E-state index in [2.05, 4.69) is 34.3 Å². The van der Waals surface area contributed by atoms with Crippen molar-refractivity contribution in [3.05, 3.63) is 59.7 Å². The Morgan fingerprint density at radius 1 is 1.00 bits per heavy atom. The number of ether oxygens (including phenoxy) is 1. The lowest BCUT2D eigenvalue weighted by atomic mass is 10.0. The van der Waals surface area contributed by atoms with Gasteiger partial charge in [0.05, 0.1) is 30.1 Å². The van der Waals surface area contributed by atoms with E-state index in [-0.39, 0.29) is 12.1 Å². The van der Waals surface area contributed by atoms with Crippen molar-refractivity contribution in [2.45, 2.75) is 18.9 Å². The number of hydrogen-bond acceptors (Lipinski definition) is 5. The Balaban J connectivity index is 1.62. The molecule has 1 N–H and O–H groups in total. The molecule has 7 heteroatoms. The molecule has 1 unspecified atom stereocenters. The lowest BCUT2D eigenvalue weighted by Gasteiger charge is -2.40. The van der Waals surface area contributed by atoms with Gasteiger partial charge in [-0.3, -0.25) is 0 Å². The molecule has 31 heavy (non-hydrogen) atoms. The van der Waals surface area contributed by atoms with Crippen molar-refractivity contribution in [1.82, 2.24) is 9.80 Å².